The molecule has 2 heterocycles. The molecular formula is C14H19N5O2. The van der Waals surface area contributed by atoms with Crippen LogP contribution in [0.5, 0.6) is 0 Å². The SMILES string of the molecule is Cc1cccc(=O)n1CCCNC(=O)C(C)n1cncn1. The zero-order valence-corrected chi connectivity index (χ0v) is 12.2. The molecule has 2 aromatic rings. The van der Waals surface area contributed by atoms with Gasteiger partial charge in [-0.15, -0.1) is 0 Å². The van der Waals surface area contributed by atoms with Crippen LogP contribution in [-0.4, -0.2) is 31.8 Å². The van der Waals surface area contributed by atoms with Crippen molar-refractivity contribution in [3.63, 3.8) is 0 Å². The number of nitrogens with one attached hydrogen (secondary N) is 1. The molecule has 0 aliphatic heterocycles. The Morgan fingerprint density at radius 3 is 2.90 bits per heavy atom. The van der Waals surface area contributed by atoms with Crippen molar-refractivity contribution in [3.8, 4) is 0 Å². The highest BCUT2D eigenvalue weighted by atomic mass is 16.2. The third kappa shape index (κ3) is 3.77. The van der Waals surface area contributed by atoms with Crippen LogP contribution in [0.25, 0.3) is 0 Å². The number of hydrogen-bond acceptors (Lipinski definition) is 4. The van der Waals surface area contributed by atoms with Gasteiger partial charge in [0.1, 0.15) is 18.7 Å². The maximum Gasteiger partial charge on any atom is 0.250 e. The largest absolute Gasteiger partial charge is 0.354 e. The lowest BCUT2D eigenvalue weighted by Gasteiger charge is -2.13. The van der Waals surface area contributed by atoms with Crippen LogP contribution in [0.2, 0.25) is 0 Å². The summed E-state index contributed by atoms with van der Waals surface area (Å²) in [6, 6.07) is 4.79. The molecule has 1 amide bonds. The van der Waals surface area contributed by atoms with Gasteiger partial charge in [-0.3, -0.25) is 9.59 Å². The van der Waals surface area contributed by atoms with Gasteiger partial charge in [0.05, 0.1) is 0 Å². The Balaban J connectivity index is 1.80. The Bertz CT molecular complexity index is 648. The molecule has 0 fully saturated rings. The van der Waals surface area contributed by atoms with Crippen molar-refractivity contribution in [1.82, 2.24) is 24.6 Å². The molecule has 1 atom stereocenters. The monoisotopic (exact) mass is 289 g/mol. The Labute approximate surface area is 122 Å². The van der Waals surface area contributed by atoms with Crippen LogP contribution in [-0.2, 0) is 11.3 Å². The summed E-state index contributed by atoms with van der Waals surface area (Å²) < 4.78 is 3.20. The van der Waals surface area contributed by atoms with E-state index in [4.69, 9.17) is 0 Å². The molecular weight excluding hydrogens is 270 g/mol. The summed E-state index contributed by atoms with van der Waals surface area (Å²) in [5.74, 6) is -0.113. The van der Waals surface area contributed by atoms with Crippen molar-refractivity contribution in [2.75, 3.05) is 6.54 Å². The summed E-state index contributed by atoms with van der Waals surface area (Å²) >= 11 is 0. The van der Waals surface area contributed by atoms with Gasteiger partial charge in [0.15, 0.2) is 0 Å². The topological polar surface area (TPSA) is 81.8 Å². The number of hydrogen-bond donors (Lipinski definition) is 1. The smallest absolute Gasteiger partial charge is 0.250 e. The van der Waals surface area contributed by atoms with E-state index in [-0.39, 0.29) is 11.5 Å². The van der Waals surface area contributed by atoms with E-state index in [0.29, 0.717) is 19.5 Å². The van der Waals surface area contributed by atoms with E-state index in [1.54, 1.807) is 23.6 Å². The summed E-state index contributed by atoms with van der Waals surface area (Å²) in [6.07, 6.45) is 3.60. The van der Waals surface area contributed by atoms with E-state index in [9.17, 15) is 9.59 Å². The minimum absolute atomic E-state index is 0.0164. The summed E-state index contributed by atoms with van der Waals surface area (Å²) in [5, 5.41) is 6.77. The number of nitrogens with zero attached hydrogens (tertiary/aromatic N) is 4. The van der Waals surface area contributed by atoms with Gasteiger partial charge in [-0.05, 0) is 26.3 Å². The lowest BCUT2D eigenvalue weighted by atomic mass is 10.3. The standard InChI is InChI=1S/C14H19N5O2/c1-11-5-3-6-13(20)18(11)8-4-7-16-14(21)12(2)19-10-15-9-17-19/h3,5-6,9-10,12H,4,7-8H2,1-2H3,(H,16,21). The second kappa shape index (κ2) is 6.83. The highest BCUT2D eigenvalue weighted by Gasteiger charge is 2.14. The summed E-state index contributed by atoms with van der Waals surface area (Å²) in [4.78, 5) is 27.4. The van der Waals surface area contributed by atoms with Gasteiger partial charge in [0.2, 0.25) is 5.91 Å². The molecule has 112 valence electrons. The number of carbonyl (C=O) groups excluding carboxylic acids is 1. The van der Waals surface area contributed by atoms with Gasteiger partial charge in [-0.2, -0.15) is 5.10 Å². The maximum absolute atomic E-state index is 11.9. The van der Waals surface area contributed by atoms with E-state index in [1.165, 1.54) is 17.3 Å². The summed E-state index contributed by atoms with van der Waals surface area (Å²) in [5.41, 5.74) is 0.905. The number of aromatic nitrogens is 4. The maximum atomic E-state index is 11.9. The Hall–Kier alpha value is -2.44. The Morgan fingerprint density at radius 2 is 2.24 bits per heavy atom. The minimum atomic E-state index is -0.395. The average Bonchev–Trinajstić information content (AvgIpc) is 2.99. The normalized spacial score (nSPS) is 12.1. The molecule has 0 aliphatic rings. The molecule has 0 aromatic carbocycles. The van der Waals surface area contributed by atoms with Crippen molar-refractivity contribution < 1.29 is 4.79 Å². The van der Waals surface area contributed by atoms with Crippen molar-refractivity contribution in [2.24, 2.45) is 0 Å². The predicted octanol–water partition coefficient (Wildman–Crippen LogP) is 0.516. The van der Waals surface area contributed by atoms with Crippen LogP contribution in [0.4, 0.5) is 0 Å². The minimum Gasteiger partial charge on any atom is -0.354 e. The van der Waals surface area contributed by atoms with Crippen LogP contribution in [0.15, 0.2) is 35.6 Å². The molecule has 1 N–H and O–H groups in total. The molecule has 0 saturated heterocycles. The van der Waals surface area contributed by atoms with Gasteiger partial charge in [0, 0.05) is 24.8 Å². The van der Waals surface area contributed by atoms with E-state index in [1.807, 2.05) is 13.0 Å². The van der Waals surface area contributed by atoms with Crippen molar-refractivity contribution >= 4 is 5.91 Å². The molecule has 0 spiro atoms. The zero-order valence-electron chi connectivity index (χ0n) is 12.2. The molecule has 0 saturated carbocycles. The number of carbonyl (C=O) groups is 1. The van der Waals surface area contributed by atoms with Gasteiger partial charge in [-0.1, -0.05) is 6.07 Å². The molecule has 21 heavy (non-hydrogen) atoms. The van der Waals surface area contributed by atoms with E-state index in [2.05, 4.69) is 15.4 Å². The molecule has 1 unspecified atom stereocenters. The highest BCUT2D eigenvalue weighted by Crippen LogP contribution is 2.01. The first-order chi connectivity index (χ1) is 10.1. The van der Waals surface area contributed by atoms with Crippen molar-refractivity contribution in [1.29, 1.82) is 0 Å². The second-order valence-corrected chi connectivity index (χ2v) is 4.85. The second-order valence-electron chi connectivity index (χ2n) is 4.85. The number of rotatable bonds is 6. The predicted molar refractivity (Wildman–Crippen MR) is 77.8 cm³/mol. The van der Waals surface area contributed by atoms with Crippen LogP contribution in [0.3, 0.4) is 0 Å². The number of pyridine rings is 1. The first-order valence-corrected chi connectivity index (χ1v) is 6.88. The molecule has 0 aliphatic carbocycles. The van der Waals surface area contributed by atoms with Gasteiger partial charge in [0.25, 0.3) is 5.56 Å². The third-order valence-corrected chi connectivity index (χ3v) is 3.34. The highest BCUT2D eigenvalue weighted by molar-refractivity contribution is 5.79. The fourth-order valence-electron chi connectivity index (χ4n) is 2.04. The molecule has 0 bridgehead atoms. The fraction of sp³-hybridized carbons (Fsp3) is 0.429. The van der Waals surface area contributed by atoms with E-state index in [0.717, 1.165) is 5.69 Å². The summed E-state index contributed by atoms with van der Waals surface area (Å²) in [7, 11) is 0. The molecule has 2 rings (SSSR count). The Morgan fingerprint density at radius 1 is 1.43 bits per heavy atom. The van der Waals surface area contributed by atoms with Crippen molar-refractivity contribution in [3.05, 3.63) is 46.9 Å². The number of amides is 1. The third-order valence-electron chi connectivity index (χ3n) is 3.34. The molecule has 7 heteroatoms. The lowest BCUT2D eigenvalue weighted by Crippen LogP contribution is -2.33. The van der Waals surface area contributed by atoms with Crippen LogP contribution in [0, 0.1) is 6.92 Å². The van der Waals surface area contributed by atoms with Crippen molar-refractivity contribution in [2.45, 2.75) is 32.9 Å². The quantitative estimate of drug-likeness (QED) is 0.786. The molecule has 2 aromatic heterocycles. The van der Waals surface area contributed by atoms with Gasteiger partial charge < -0.3 is 9.88 Å². The van der Waals surface area contributed by atoms with Crippen LogP contribution < -0.4 is 10.9 Å². The van der Waals surface area contributed by atoms with E-state index >= 15 is 0 Å². The zero-order chi connectivity index (χ0) is 15.2. The van der Waals surface area contributed by atoms with E-state index < -0.39 is 6.04 Å². The Kier molecular flexibility index (Phi) is 4.86. The average molecular weight is 289 g/mol. The number of aryl methyl sites for hydroxylation is 1. The molecule has 0 radical (unpaired) electrons. The fourth-order valence-corrected chi connectivity index (χ4v) is 2.04. The first-order valence-electron chi connectivity index (χ1n) is 6.88. The van der Waals surface area contributed by atoms with Crippen LogP contribution >= 0.6 is 0 Å². The van der Waals surface area contributed by atoms with Gasteiger partial charge >= 0.3 is 0 Å². The molecule has 7 nitrogen and oxygen atoms in total. The first kappa shape index (κ1) is 15.0. The summed E-state index contributed by atoms with van der Waals surface area (Å²) in [6.45, 7) is 4.75. The van der Waals surface area contributed by atoms with Crippen LogP contribution in [0.1, 0.15) is 25.1 Å². The van der Waals surface area contributed by atoms with Gasteiger partial charge in [-0.25, -0.2) is 9.67 Å². The lowest BCUT2D eigenvalue weighted by molar-refractivity contribution is -0.124.